The molecule has 98 valence electrons. The first-order chi connectivity index (χ1) is 8.65. The minimum atomic E-state index is -0.963. The number of nitrogens with zero attached hydrogens (tertiary/aromatic N) is 1. The van der Waals surface area contributed by atoms with Gasteiger partial charge in [-0.3, -0.25) is 0 Å². The third kappa shape index (κ3) is 2.81. The van der Waals surface area contributed by atoms with Gasteiger partial charge in [0.1, 0.15) is 0 Å². The van der Waals surface area contributed by atoms with E-state index in [1.54, 1.807) is 6.07 Å². The zero-order valence-electron chi connectivity index (χ0n) is 10.7. The van der Waals surface area contributed by atoms with Crippen molar-refractivity contribution in [3.8, 4) is 5.88 Å². The summed E-state index contributed by atoms with van der Waals surface area (Å²) in [5, 5.41) is 8.77. The zero-order chi connectivity index (χ0) is 13.0. The van der Waals surface area contributed by atoms with Crippen molar-refractivity contribution >= 4 is 5.97 Å². The lowest BCUT2D eigenvalue weighted by molar-refractivity contribution is 0.0457. The summed E-state index contributed by atoms with van der Waals surface area (Å²) in [6.45, 7) is 2.89. The van der Waals surface area contributed by atoms with Crippen LogP contribution in [0.1, 0.15) is 49.4 Å². The van der Waals surface area contributed by atoms with Crippen LogP contribution in [0.2, 0.25) is 0 Å². The first kappa shape index (κ1) is 12.9. The predicted molar refractivity (Wildman–Crippen MR) is 67.9 cm³/mol. The Balaban J connectivity index is 1.91. The summed E-state index contributed by atoms with van der Waals surface area (Å²) in [6.07, 6.45) is 7.46. The van der Waals surface area contributed by atoms with Crippen LogP contribution in [0.4, 0.5) is 0 Å². The van der Waals surface area contributed by atoms with Gasteiger partial charge in [-0.2, -0.15) is 0 Å². The maximum atomic E-state index is 10.7. The molecule has 18 heavy (non-hydrogen) atoms. The van der Waals surface area contributed by atoms with Crippen molar-refractivity contribution in [1.82, 2.24) is 4.98 Å². The third-order valence-electron chi connectivity index (χ3n) is 3.70. The van der Waals surface area contributed by atoms with E-state index < -0.39 is 5.97 Å². The molecular formula is C14H19NO3. The number of aromatic carboxylic acids is 1. The van der Waals surface area contributed by atoms with E-state index in [9.17, 15) is 4.79 Å². The Kier molecular flexibility index (Phi) is 3.84. The van der Waals surface area contributed by atoms with Crippen LogP contribution < -0.4 is 4.74 Å². The van der Waals surface area contributed by atoms with Crippen LogP contribution in [0.5, 0.6) is 5.88 Å². The Morgan fingerprint density at radius 2 is 2.28 bits per heavy atom. The van der Waals surface area contributed by atoms with E-state index in [1.807, 2.05) is 0 Å². The molecule has 0 radical (unpaired) electrons. The number of carboxylic acids is 1. The van der Waals surface area contributed by atoms with Crippen LogP contribution >= 0.6 is 0 Å². The number of aromatic nitrogens is 1. The Labute approximate surface area is 107 Å². The maximum absolute atomic E-state index is 10.7. The van der Waals surface area contributed by atoms with E-state index in [0.29, 0.717) is 17.9 Å². The van der Waals surface area contributed by atoms with Gasteiger partial charge in [-0.05, 0) is 25.3 Å². The Bertz CT molecular complexity index is 410. The zero-order valence-corrected chi connectivity index (χ0v) is 10.7. The number of ether oxygens (including phenoxy) is 1. The summed E-state index contributed by atoms with van der Waals surface area (Å²) >= 11 is 0. The minimum absolute atomic E-state index is 0.189. The van der Waals surface area contributed by atoms with Gasteiger partial charge in [-0.25, -0.2) is 9.78 Å². The van der Waals surface area contributed by atoms with Crippen molar-refractivity contribution in [2.75, 3.05) is 6.61 Å². The number of hydrogen-bond acceptors (Lipinski definition) is 3. The van der Waals surface area contributed by atoms with Gasteiger partial charge in [0.05, 0.1) is 12.2 Å². The molecule has 1 saturated carbocycles. The van der Waals surface area contributed by atoms with Gasteiger partial charge in [0.15, 0.2) is 0 Å². The van der Waals surface area contributed by atoms with Crippen molar-refractivity contribution in [1.29, 1.82) is 0 Å². The highest BCUT2D eigenvalue weighted by Gasteiger charge is 2.36. The molecule has 1 aromatic rings. The number of carboxylic acid groups (broad SMARTS) is 1. The second-order valence-corrected chi connectivity index (χ2v) is 5.08. The molecule has 1 fully saturated rings. The van der Waals surface area contributed by atoms with Gasteiger partial charge in [0, 0.05) is 17.7 Å². The molecule has 0 saturated heterocycles. The molecule has 1 aliphatic carbocycles. The van der Waals surface area contributed by atoms with E-state index in [0.717, 1.165) is 0 Å². The SMILES string of the molecule is CCCC1(COc2ccc(C(=O)O)cn2)CCC1. The number of pyridine rings is 1. The van der Waals surface area contributed by atoms with Gasteiger partial charge in [0.2, 0.25) is 5.88 Å². The van der Waals surface area contributed by atoms with Crippen molar-refractivity contribution in [2.24, 2.45) is 5.41 Å². The fourth-order valence-corrected chi connectivity index (χ4v) is 2.49. The number of hydrogen-bond donors (Lipinski definition) is 1. The Hall–Kier alpha value is -1.58. The summed E-state index contributed by atoms with van der Waals surface area (Å²) in [7, 11) is 0. The fourth-order valence-electron chi connectivity index (χ4n) is 2.49. The summed E-state index contributed by atoms with van der Waals surface area (Å²) < 4.78 is 5.70. The van der Waals surface area contributed by atoms with E-state index >= 15 is 0 Å². The van der Waals surface area contributed by atoms with Gasteiger partial charge < -0.3 is 9.84 Å². The lowest BCUT2D eigenvalue weighted by Crippen LogP contribution is -2.35. The second kappa shape index (κ2) is 5.38. The van der Waals surface area contributed by atoms with Gasteiger partial charge >= 0.3 is 5.97 Å². The molecule has 0 atom stereocenters. The largest absolute Gasteiger partial charge is 0.478 e. The van der Waals surface area contributed by atoms with Crippen LogP contribution in [0.25, 0.3) is 0 Å². The fraction of sp³-hybridized carbons (Fsp3) is 0.571. The monoisotopic (exact) mass is 249 g/mol. The molecule has 2 rings (SSSR count). The van der Waals surface area contributed by atoms with Crippen molar-refractivity contribution in [3.05, 3.63) is 23.9 Å². The normalized spacial score (nSPS) is 16.9. The highest BCUT2D eigenvalue weighted by atomic mass is 16.5. The van der Waals surface area contributed by atoms with Crippen molar-refractivity contribution in [2.45, 2.75) is 39.0 Å². The molecule has 4 heteroatoms. The Morgan fingerprint density at radius 3 is 2.72 bits per heavy atom. The lowest BCUT2D eigenvalue weighted by Gasteiger charge is -2.41. The van der Waals surface area contributed by atoms with E-state index in [4.69, 9.17) is 9.84 Å². The smallest absolute Gasteiger partial charge is 0.337 e. The van der Waals surface area contributed by atoms with Crippen LogP contribution in [-0.4, -0.2) is 22.7 Å². The maximum Gasteiger partial charge on any atom is 0.337 e. The molecule has 4 nitrogen and oxygen atoms in total. The molecule has 1 aliphatic rings. The van der Waals surface area contributed by atoms with Crippen LogP contribution in [-0.2, 0) is 0 Å². The topological polar surface area (TPSA) is 59.4 Å². The molecule has 0 aliphatic heterocycles. The standard InChI is InChI=1S/C14H19NO3/c1-2-6-14(7-3-8-14)10-18-12-5-4-11(9-15-12)13(16)17/h4-5,9H,2-3,6-8,10H2,1H3,(H,16,17). The van der Waals surface area contributed by atoms with Crippen molar-refractivity contribution < 1.29 is 14.6 Å². The lowest BCUT2D eigenvalue weighted by atomic mass is 9.67. The first-order valence-electron chi connectivity index (χ1n) is 6.47. The van der Waals surface area contributed by atoms with Gasteiger partial charge in [0.25, 0.3) is 0 Å². The second-order valence-electron chi connectivity index (χ2n) is 5.08. The average molecular weight is 249 g/mol. The molecule has 0 spiro atoms. The Morgan fingerprint density at radius 1 is 1.50 bits per heavy atom. The van der Waals surface area contributed by atoms with Gasteiger partial charge in [-0.15, -0.1) is 0 Å². The molecule has 1 N–H and O–H groups in total. The molecule has 0 amide bonds. The minimum Gasteiger partial charge on any atom is -0.478 e. The molecule has 0 aromatic carbocycles. The quantitative estimate of drug-likeness (QED) is 0.841. The van der Waals surface area contributed by atoms with Crippen molar-refractivity contribution in [3.63, 3.8) is 0 Å². The summed E-state index contributed by atoms with van der Waals surface area (Å²) in [5.41, 5.74) is 0.524. The molecule has 0 bridgehead atoms. The average Bonchev–Trinajstić information content (AvgIpc) is 2.33. The summed E-state index contributed by atoms with van der Waals surface area (Å²) in [6, 6.07) is 3.15. The number of carbonyl (C=O) groups is 1. The van der Waals surface area contributed by atoms with Crippen LogP contribution in [0, 0.1) is 5.41 Å². The predicted octanol–water partition coefficient (Wildman–Crippen LogP) is 3.13. The highest BCUT2D eigenvalue weighted by Crippen LogP contribution is 2.44. The summed E-state index contributed by atoms with van der Waals surface area (Å²) in [5.74, 6) is -0.446. The highest BCUT2D eigenvalue weighted by molar-refractivity contribution is 5.87. The molecular weight excluding hydrogens is 230 g/mol. The number of rotatable bonds is 6. The van der Waals surface area contributed by atoms with Crippen LogP contribution in [0.3, 0.4) is 0 Å². The molecule has 1 aromatic heterocycles. The molecule has 0 unspecified atom stereocenters. The summed E-state index contributed by atoms with van der Waals surface area (Å²) in [4.78, 5) is 14.7. The first-order valence-corrected chi connectivity index (χ1v) is 6.47. The van der Waals surface area contributed by atoms with Crippen LogP contribution in [0.15, 0.2) is 18.3 Å². The third-order valence-corrected chi connectivity index (χ3v) is 3.70. The van der Waals surface area contributed by atoms with Gasteiger partial charge in [-0.1, -0.05) is 19.8 Å². The van der Waals surface area contributed by atoms with E-state index in [1.165, 1.54) is 44.4 Å². The van der Waals surface area contributed by atoms with E-state index in [-0.39, 0.29) is 5.56 Å². The molecule has 1 heterocycles. The van der Waals surface area contributed by atoms with E-state index in [2.05, 4.69) is 11.9 Å².